The molecule has 1 amide bonds. The van der Waals surface area contributed by atoms with Gasteiger partial charge in [-0.2, -0.15) is 4.98 Å². The molecule has 0 fully saturated rings. The van der Waals surface area contributed by atoms with E-state index in [-0.39, 0.29) is 5.91 Å². The number of aryl methyl sites for hydroxylation is 2. The molecule has 116 valence electrons. The minimum atomic E-state index is -0.395. The molecule has 0 bridgehead atoms. The van der Waals surface area contributed by atoms with Crippen molar-refractivity contribution in [1.82, 2.24) is 10.1 Å². The van der Waals surface area contributed by atoms with E-state index in [0.29, 0.717) is 23.0 Å². The summed E-state index contributed by atoms with van der Waals surface area (Å²) in [6.07, 6.45) is 0. The highest BCUT2D eigenvalue weighted by molar-refractivity contribution is 6.04. The van der Waals surface area contributed by atoms with Crippen LogP contribution in [0.3, 0.4) is 0 Å². The van der Waals surface area contributed by atoms with Gasteiger partial charge in [-0.1, -0.05) is 11.2 Å². The molecule has 0 aliphatic carbocycles. The normalized spacial score (nSPS) is 10.6. The second-order valence-corrected chi connectivity index (χ2v) is 5.14. The molecule has 5 nitrogen and oxygen atoms in total. The highest BCUT2D eigenvalue weighted by Crippen LogP contribution is 2.20. The van der Waals surface area contributed by atoms with Crippen molar-refractivity contribution in [3.8, 4) is 11.5 Å². The van der Waals surface area contributed by atoms with E-state index in [9.17, 15) is 9.18 Å². The van der Waals surface area contributed by atoms with E-state index in [1.54, 1.807) is 44.2 Å². The minimum Gasteiger partial charge on any atom is -0.334 e. The highest BCUT2D eigenvalue weighted by atomic mass is 19.1. The van der Waals surface area contributed by atoms with E-state index in [0.717, 1.165) is 11.1 Å². The molecule has 0 unspecified atom stereocenters. The van der Waals surface area contributed by atoms with Crippen molar-refractivity contribution in [1.29, 1.82) is 0 Å². The Morgan fingerprint density at radius 2 is 1.87 bits per heavy atom. The van der Waals surface area contributed by atoms with Gasteiger partial charge in [-0.3, -0.25) is 4.79 Å². The summed E-state index contributed by atoms with van der Waals surface area (Å²) < 4.78 is 18.3. The lowest BCUT2D eigenvalue weighted by Crippen LogP contribution is -2.12. The Bertz CT molecular complexity index is 857. The lowest BCUT2D eigenvalue weighted by molar-refractivity contribution is 0.102. The molecular formula is C17H14FN3O2. The van der Waals surface area contributed by atoms with Crippen LogP contribution in [0.4, 0.5) is 10.1 Å². The third-order valence-electron chi connectivity index (χ3n) is 3.37. The first-order valence-electron chi connectivity index (χ1n) is 7.01. The van der Waals surface area contributed by atoms with Crippen LogP contribution in [-0.4, -0.2) is 16.0 Å². The van der Waals surface area contributed by atoms with E-state index in [4.69, 9.17) is 4.52 Å². The van der Waals surface area contributed by atoms with Crippen LogP contribution in [0.5, 0.6) is 0 Å². The van der Waals surface area contributed by atoms with Gasteiger partial charge in [0.2, 0.25) is 0 Å². The third kappa shape index (κ3) is 3.26. The Labute approximate surface area is 132 Å². The van der Waals surface area contributed by atoms with Gasteiger partial charge in [0.05, 0.1) is 0 Å². The van der Waals surface area contributed by atoms with Gasteiger partial charge in [0, 0.05) is 16.8 Å². The minimum absolute atomic E-state index is 0.313. The zero-order chi connectivity index (χ0) is 16.4. The smallest absolute Gasteiger partial charge is 0.257 e. The Morgan fingerprint density at radius 3 is 2.52 bits per heavy atom. The molecule has 1 heterocycles. The number of amides is 1. The largest absolute Gasteiger partial charge is 0.334 e. The lowest BCUT2D eigenvalue weighted by atomic mass is 10.1. The molecule has 0 aliphatic heterocycles. The molecule has 3 rings (SSSR count). The summed E-state index contributed by atoms with van der Waals surface area (Å²) >= 11 is 0. The summed E-state index contributed by atoms with van der Waals surface area (Å²) in [4.78, 5) is 16.4. The van der Waals surface area contributed by atoms with Crippen LogP contribution in [0.1, 0.15) is 21.7 Å². The number of nitrogens with zero attached hydrogens (tertiary/aromatic N) is 2. The van der Waals surface area contributed by atoms with Gasteiger partial charge in [0.1, 0.15) is 5.82 Å². The van der Waals surface area contributed by atoms with Gasteiger partial charge in [-0.15, -0.1) is 0 Å². The van der Waals surface area contributed by atoms with Crippen molar-refractivity contribution in [3.63, 3.8) is 0 Å². The molecule has 2 aromatic carbocycles. The van der Waals surface area contributed by atoms with Crippen LogP contribution in [0.15, 0.2) is 47.0 Å². The molecule has 0 aliphatic rings. The number of halogens is 1. The molecule has 0 saturated heterocycles. The quantitative estimate of drug-likeness (QED) is 0.800. The average molecular weight is 311 g/mol. The van der Waals surface area contributed by atoms with Crippen molar-refractivity contribution in [3.05, 3.63) is 65.2 Å². The van der Waals surface area contributed by atoms with E-state index < -0.39 is 5.82 Å². The molecule has 0 radical (unpaired) electrons. The number of aromatic nitrogens is 2. The SMILES string of the molecule is Cc1noc(-c2ccc(C(=O)Nc3cc(F)ccc3C)cc2)n1. The van der Waals surface area contributed by atoms with Gasteiger partial charge >= 0.3 is 0 Å². The van der Waals surface area contributed by atoms with Crippen LogP contribution in [0, 0.1) is 19.7 Å². The first kappa shape index (κ1) is 14.9. The van der Waals surface area contributed by atoms with Gasteiger partial charge in [0.15, 0.2) is 5.82 Å². The Morgan fingerprint density at radius 1 is 1.13 bits per heavy atom. The maximum absolute atomic E-state index is 13.3. The molecule has 1 N–H and O–H groups in total. The Kier molecular flexibility index (Phi) is 3.89. The number of rotatable bonds is 3. The number of carbonyl (C=O) groups excluding carboxylic acids is 1. The standard InChI is InChI=1S/C17H14FN3O2/c1-10-3-8-14(18)9-15(10)20-16(22)12-4-6-13(7-5-12)17-19-11(2)21-23-17/h3-9H,1-2H3,(H,20,22). The fourth-order valence-corrected chi connectivity index (χ4v) is 2.10. The van der Waals surface area contributed by atoms with Crippen molar-refractivity contribution < 1.29 is 13.7 Å². The molecule has 0 saturated carbocycles. The van der Waals surface area contributed by atoms with Gasteiger partial charge in [-0.25, -0.2) is 4.39 Å². The van der Waals surface area contributed by atoms with Crippen LogP contribution < -0.4 is 5.32 Å². The fourth-order valence-electron chi connectivity index (χ4n) is 2.10. The van der Waals surface area contributed by atoms with Crippen LogP contribution in [0.25, 0.3) is 11.5 Å². The third-order valence-corrected chi connectivity index (χ3v) is 3.37. The zero-order valence-electron chi connectivity index (χ0n) is 12.6. The van der Waals surface area contributed by atoms with Crippen molar-refractivity contribution in [2.24, 2.45) is 0 Å². The van der Waals surface area contributed by atoms with Crippen molar-refractivity contribution in [2.75, 3.05) is 5.32 Å². The van der Waals surface area contributed by atoms with Crippen molar-refractivity contribution >= 4 is 11.6 Å². The number of anilines is 1. The molecule has 3 aromatic rings. The maximum Gasteiger partial charge on any atom is 0.257 e. The van der Waals surface area contributed by atoms with Gasteiger partial charge in [0.25, 0.3) is 11.8 Å². The predicted molar refractivity (Wildman–Crippen MR) is 83.6 cm³/mol. The number of hydrogen-bond donors (Lipinski definition) is 1. The van der Waals surface area contributed by atoms with Crippen LogP contribution >= 0.6 is 0 Å². The van der Waals surface area contributed by atoms with Crippen molar-refractivity contribution in [2.45, 2.75) is 13.8 Å². The summed E-state index contributed by atoms with van der Waals surface area (Å²) in [5.74, 6) is 0.235. The van der Waals surface area contributed by atoms with Gasteiger partial charge in [-0.05, 0) is 55.8 Å². The molecule has 0 spiro atoms. The number of hydrogen-bond acceptors (Lipinski definition) is 4. The van der Waals surface area contributed by atoms with E-state index in [2.05, 4.69) is 15.5 Å². The van der Waals surface area contributed by atoms with Gasteiger partial charge < -0.3 is 9.84 Å². The van der Waals surface area contributed by atoms with Crippen LogP contribution in [-0.2, 0) is 0 Å². The van der Waals surface area contributed by atoms with E-state index >= 15 is 0 Å². The average Bonchev–Trinajstić information content (AvgIpc) is 2.97. The fraction of sp³-hybridized carbons (Fsp3) is 0.118. The molecule has 23 heavy (non-hydrogen) atoms. The Balaban J connectivity index is 1.79. The van der Waals surface area contributed by atoms with E-state index in [1.807, 2.05) is 0 Å². The number of benzene rings is 2. The summed E-state index contributed by atoms with van der Waals surface area (Å²) in [7, 11) is 0. The summed E-state index contributed by atoms with van der Waals surface area (Å²) in [6, 6.07) is 11.0. The topological polar surface area (TPSA) is 68.0 Å². The lowest BCUT2D eigenvalue weighted by Gasteiger charge is -2.08. The molecular weight excluding hydrogens is 297 g/mol. The summed E-state index contributed by atoms with van der Waals surface area (Å²) in [6.45, 7) is 3.53. The summed E-state index contributed by atoms with van der Waals surface area (Å²) in [5.41, 5.74) is 2.42. The number of nitrogens with one attached hydrogen (secondary N) is 1. The van der Waals surface area contributed by atoms with E-state index in [1.165, 1.54) is 12.1 Å². The van der Waals surface area contributed by atoms with Crippen LogP contribution in [0.2, 0.25) is 0 Å². The Hall–Kier alpha value is -3.02. The molecule has 0 atom stereocenters. The first-order chi connectivity index (χ1) is 11.0. The second-order valence-electron chi connectivity index (χ2n) is 5.14. The predicted octanol–water partition coefficient (Wildman–Crippen LogP) is 3.74. The monoisotopic (exact) mass is 311 g/mol. The molecule has 6 heteroatoms. The first-order valence-corrected chi connectivity index (χ1v) is 7.01. The zero-order valence-corrected chi connectivity index (χ0v) is 12.6. The number of carbonyl (C=O) groups is 1. The molecule has 1 aromatic heterocycles. The highest BCUT2D eigenvalue weighted by Gasteiger charge is 2.11. The summed E-state index contributed by atoms with van der Waals surface area (Å²) in [5, 5.41) is 6.42. The second kappa shape index (κ2) is 6.00. The maximum atomic E-state index is 13.3.